The molecule has 1 aromatic heterocycles. The number of amides is 1. The summed E-state index contributed by atoms with van der Waals surface area (Å²) in [5.41, 5.74) is 5.37. The summed E-state index contributed by atoms with van der Waals surface area (Å²) < 4.78 is 8.52. The van der Waals surface area contributed by atoms with Crippen LogP contribution in [0.5, 0.6) is 5.75 Å². The summed E-state index contributed by atoms with van der Waals surface area (Å²) in [5, 5.41) is 3.05. The third-order valence-electron chi connectivity index (χ3n) is 6.95. The molecule has 1 N–H and O–H groups in total. The van der Waals surface area contributed by atoms with Crippen LogP contribution in [0.4, 0.5) is 0 Å². The van der Waals surface area contributed by atoms with Gasteiger partial charge in [0.05, 0.1) is 17.6 Å². The van der Waals surface area contributed by atoms with Gasteiger partial charge >= 0.3 is 0 Å². The number of aromatic nitrogens is 2. The Morgan fingerprint density at radius 3 is 2.58 bits per heavy atom. The summed E-state index contributed by atoms with van der Waals surface area (Å²) in [6.45, 7) is 8.77. The Morgan fingerprint density at radius 1 is 0.921 bits per heavy atom. The van der Waals surface area contributed by atoms with Crippen molar-refractivity contribution in [2.24, 2.45) is 0 Å². The summed E-state index contributed by atoms with van der Waals surface area (Å²) in [6, 6.07) is 24.5. The molecule has 4 rings (SSSR count). The molecule has 1 heterocycles. The minimum Gasteiger partial charge on any atom is -0.493 e. The van der Waals surface area contributed by atoms with Gasteiger partial charge in [-0.1, -0.05) is 68.3 Å². The van der Waals surface area contributed by atoms with Crippen LogP contribution in [-0.2, 0) is 13.0 Å². The van der Waals surface area contributed by atoms with E-state index in [9.17, 15) is 4.79 Å². The molecule has 5 nitrogen and oxygen atoms in total. The first-order valence-corrected chi connectivity index (χ1v) is 14.0. The number of hydrogen-bond acceptors (Lipinski definition) is 3. The molecule has 0 bridgehead atoms. The number of ether oxygens (including phenoxy) is 1. The van der Waals surface area contributed by atoms with Crippen molar-refractivity contribution < 1.29 is 9.53 Å². The Bertz CT molecular complexity index is 1320. The molecular formula is C33H41N3O2. The zero-order chi connectivity index (χ0) is 26.7. The molecule has 0 aliphatic rings. The zero-order valence-electron chi connectivity index (χ0n) is 23.1. The van der Waals surface area contributed by atoms with Crippen LogP contribution in [-0.4, -0.2) is 28.6 Å². The summed E-state index contributed by atoms with van der Waals surface area (Å²) in [4.78, 5) is 17.3. The first-order chi connectivity index (χ1) is 18.5. The largest absolute Gasteiger partial charge is 0.493 e. The molecule has 0 radical (unpaired) electrons. The van der Waals surface area contributed by atoms with E-state index in [1.807, 2.05) is 37.3 Å². The number of nitrogens with one attached hydrogen (secondary N) is 1. The van der Waals surface area contributed by atoms with Gasteiger partial charge in [-0.2, -0.15) is 0 Å². The lowest BCUT2D eigenvalue weighted by molar-refractivity contribution is 0.0953. The quantitative estimate of drug-likeness (QED) is 0.179. The van der Waals surface area contributed by atoms with E-state index in [0.717, 1.165) is 79.9 Å². The second-order valence-electron chi connectivity index (χ2n) is 10.4. The van der Waals surface area contributed by atoms with Crippen molar-refractivity contribution in [1.29, 1.82) is 0 Å². The lowest BCUT2D eigenvalue weighted by Gasteiger charge is -2.14. The number of para-hydroxylation sites is 3. The summed E-state index contributed by atoms with van der Waals surface area (Å²) in [7, 11) is 0. The van der Waals surface area contributed by atoms with Gasteiger partial charge in [0.15, 0.2) is 0 Å². The summed E-state index contributed by atoms with van der Waals surface area (Å²) in [6.07, 6.45) is 6.06. The Kier molecular flexibility index (Phi) is 9.97. The van der Waals surface area contributed by atoms with Gasteiger partial charge in [0.1, 0.15) is 11.6 Å². The normalized spacial score (nSPS) is 11.3. The van der Waals surface area contributed by atoms with Gasteiger partial charge in [0, 0.05) is 25.1 Å². The van der Waals surface area contributed by atoms with Crippen molar-refractivity contribution in [3.63, 3.8) is 0 Å². The predicted octanol–water partition coefficient (Wildman–Crippen LogP) is 7.47. The molecule has 0 saturated carbocycles. The third kappa shape index (κ3) is 7.47. The SMILES string of the molecule is Cc1cccc(C(=O)NCCCCCc2nc3ccccc3n2CCCCOc2ccccc2C(C)C)c1. The highest BCUT2D eigenvalue weighted by Crippen LogP contribution is 2.26. The van der Waals surface area contributed by atoms with Crippen molar-refractivity contribution in [1.82, 2.24) is 14.9 Å². The van der Waals surface area contributed by atoms with Crippen LogP contribution in [0.25, 0.3) is 11.0 Å². The number of benzene rings is 3. The molecule has 0 saturated heterocycles. The molecule has 0 aliphatic carbocycles. The van der Waals surface area contributed by atoms with Crippen molar-refractivity contribution in [2.75, 3.05) is 13.2 Å². The molecule has 38 heavy (non-hydrogen) atoms. The lowest BCUT2D eigenvalue weighted by atomic mass is 10.0. The number of aryl methyl sites for hydroxylation is 3. The number of fused-ring (bicyclic) bond motifs is 1. The number of carbonyl (C=O) groups is 1. The van der Waals surface area contributed by atoms with Gasteiger partial charge in [-0.3, -0.25) is 4.79 Å². The molecule has 5 heteroatoms. The topological polar surface area (TPSA) is 56.2 Å². The second kappa shape index (κ2) is 13.8. The molecule has 3 aromatic carbocycles. The molecule has 0 aliphatic heterocycles. The summed E-state index contributed by atoms with van der Waals surface area (Å²) in [5.74, 6) is 2.62. The first kappa shape index (κ1) is 27.4. The van der Waals surface area contributed by atoms with Gasteiger partial charge in [0.25, 0.3) is 5.91 Å². The number of hydrogen-bond donors (Lipinski definition) is 1. The maximum atomic E-state index is 12.3. The van der Waals surface area contributed by atoms with Gasteiger partial charge < -0.3 is 14.6 Å². The fraction of sp³-hybridized carbons (Fsp3) is 0.394. The van der Waals surface area contributed by atoms with Crippen molar-refractivity contribution in [3.8, 4) is 5.75 Å². The molecular weight excluding hydrogens is 470 g/mol. The molecule has 0 atom stereocenters. The van der Waals surface area contributed by atoms with Crippen molar-refractivity contribution in [3.05, 3.63) is 95.3 Å². The van der Waals surface area contributed by atoms with E-state index in [2.05, 4.69) is 66.2 Å². The lowest BCUT2D eigenvalue weighted by Crippen LogP contribution is -2.24. The van der Waals surface area contributed by atoms with Crippen LogP contribution in [0.2, 0.25) is 0 Å². The molecule has 0 fully saturated rings. The Balaban J connectivity index is 1.23. The predicted molar refractivity (Wildman–Crippen MR) is 156 cm³/mol. The maximum absolute atomic E-state index is 12.3. The van der Waals surface area contributed by atoms with Crippen molar-refractivity contribution >= 4 is 16.9 Å². The molecule has 1 amide bonds. The van der Waals surface area contributed by atoms with Gasteiger partial charge in [-0.15, -0.1) is 0 Å². The molecule has 4 aromatic rings. The average molecular weight is 512 g/mol. The fourth-order valence-corrected chi connectivity index (χ4v) is 4.88. The number of rotatable bonds is 14. The second-order valence-corrected chi connectivity index (χ2v) is 10.4. The highest BCUT2D eigenvalue weighted by atomic mass is 16.5. The molecule has 200 valence electrons. The number of imidazole rings is 1. The smallest absolute Gasteiger partial charge is 0.251 e. The minimum absolute atomic E-state index is 0.00664. The highest BCUT2D eigenvalue weighted by Gasteiger charge is 2.11. The maximum Gasteiger partial charge on any atom is 0.251 e. The van der Waals surface area contributed by atoms with E-state index < -0.39 is 0 Å². The van der Waals surface area contributed by atoms with E-state index >= 15 is 0 Å². The standard InChI is InChI=1S/C33H41N3O2/c1-25(2)28-16-6-9-19-31(28)38-23-12-11-22-36-30-18-8-7-17-29(30)35-32(36)20-5-4-10-21-34-33(37)27-15-13-14-26(3)24-27/h6-9,13-19,24-25H,4-5,10-12,20-23H2,1-3H3,(H,34,37). The fourth-order valence-electron chi connectivity index (χ4n) is 4.88. The van der Waals surface area contributed by atoms with Crippen LogP contribution < -0.4 is 10.1 Å². The van der Waals surface area contributed by atoms with Crippen LogP contribution >= 0.6 is 0 Å². The number of nitrogens with zero attached hydrogens (tertiary/aromatic N) is 2. The van der Waals surface area contributed by atoms with Crippen LogP contribution in [0.15, 0.2) is 72.8 Å². The molecule has 0 unspecified atom stereocenters. The van der Waals surface area contributed by atoms with Gasteiger partial charge in [-0.25, -0.2) is 4.98 Å². The van der Waals surface area contributed by atoms with E-state index in [1.54, 1.807) is 0 Å². The zero-order valence-corrected chi connectivity index (χ0v) is 23.1. The Hall–Kier alpha value is -3.60. The first-order valence-electron chi connectivity index (χ1n) is 14.0. The number of unbranched alkanes of at least 4 members (excludes halogenated alkanes) is 3. The average Bonchev–Trinajstić information content (AvgIpc) is 3.27. The van der Waals surface area contributed by atoms with E-state index in [0.29, 0.717) is 12.5 Å². The van der Waals surface area contributed by atoms with Crippen molar-refractivity contribution in [2.45, 2.75) is 71.8 Å². The van der Waals surface area contributed by atoms with E-state index in [-0.39, 0.29) is 5.91 Å². The van der Waals surface area contributed by atoms with E-state index in [4.69, 9.17) is 9.72 Å². The van der Waals surface area contributed by atoms with Crippen LogP contribution in [0.1, 0.15) is 79.2 Å². The highest BCUT2D eigenvalue weighted by molar-refractivity contribution is 5.94. The van der Waals surface area contributed by atoms with Gasteiger partial charge in [0.2, 0.25) is 0 Å². The third-order valence-corrected chi connectivity index (χ3v) is 6.95. The Labute approximate surface area is 227 Å². The van der Waals surface area contributed by atoms with Crippen LogP contribution in [0, 0.1) is 6.92 Å². The summed E-state index contributed by atoms with van der Waals surface area (Å²) >= 11 is 0. The monoisotopic (exact) mass is 511 g/mol. The minimum atomic E-state index is 0.00664. The molecule has 0 spiro atoms. The van der Waals surface area contributed by atoms with Gasteiger partial charge in [-0.05, 0) is 74.4 Å². The van der Waals surface area contributed by atoms with E-state index in [1.165, 1.54) is 11.1 Å². The van der Waals surface area contributed by atoms with Crippen LogP contribution in [0.3, 0.4) is 0 Å². The Morgan fingerprint density at radius 2 is 1.74 bits per heavy atom. The number of carbonyl (C=O) groups excluding carboxylic acids is 1.